The lowest BCUT2D eigenvalue weighted by Crippen LogP contribution is -2.45. The monoisotopic (exact) mass is 768 g/mol. The average molecular weight is 769 g/mol. The number of nitrogens with zero attached hydrogens (tertiary/aromatic N) is 4. The first kappa shape index (κ1) is 37.4. The van der Waals surface area contributed by atoms with Gasteiger partial charge < -0.3 is 23.8 Å². The van der Waals surface area contributed by atoms with E-state index in [1.165, 1.54) is 26.4 Å². The van der Waals surface area contributed by atoms with Gasteiger partial charge in [0.1, 0.15) is 40.1 Å². The molecule has 6 rings (SSSR count). The Kier molecular flexibility index (Phi) is 11.4. The molecule has 4 aromatic carbocycles. The molecule has 0 radical (unpaired) electrons. The van der Waals surface area contributed by atoms with E-state index in [1.54, 1.807) is 54.5 Å². The highest BCUT2D eigenvalue weighted by atomic mass is 32.2. The molecule has 1 fully saturated rings. The number of carbonyl (C=O) groups is 1. The minimum Gasteiger partial charge on any atom is -0.497 e. The summed E-state index contributed by atoms with van der Waals surface area (Å²) in [6, 6.07) is 19.0. The number of piperidine rings is 1. The molecule has 0 aliphatic carbocycles. The number of aromatic nitrogens is 2. The first-order valence-electron chi connectivity index (χ1n) is 16.3. The summed E-state index contributed by atoms with van der Waals surface area (Å²) in [7, 11) is -0.334. The predicted octanol–water partition coefficient (Wildman–Crippen LogP) is 6.59. The Labute approximate surface area is 308 Å². The van der Waals surface area contributed by atoms with Crippen LogP contribution in [0.4, 0.5) is 18.3 Å². The molecule has 1 aliphatic rings. The SMILES string of the molecule is COc1ccc(CN2CC(COc3cc(F)c(S(=O)(=O)N(Cc4ccc(OC)cc4OC)c4ncns4)cc3F)C(c3ccc(F)cc3)CC2=O)cc1. The van der Waals surface area contributed by atoms with E-state index < -0.39 is 50.0 Å². The van der Waals surface area contributed by atoms with Gasteiger partial charge in [0.05, 0.1) is 34.5 Å². The Morgan fingerprint density at radius 2 is 1.58 bits per heavy atom. The van der Waals surface area contributed by atoms with Crippen molar-refractivity contribution in [3.8, 4) is 23.0 Å². The fourth-order valence-corrected chi connectivity index (χ4v) is 8.36. The fraction of sp³-hybridized carbons (Fsp3) is 0.270. The number of sulfonamides is 1. The van der Waals surface area contributed by atoms with E-state index in [2.05, 4.69) is 9.36 Å². The maximum atomic E-state index is 15.8. The van der Waals surface area contributed by atoms with Crippen molar-refractivity contribution in [2.45, 2.75) is 30.3 Å². The number of benzene rings is 4. The number of anilines is 1. The number of halogens is 3. The summed E-state index contributed by atoms with van der Waals surface area (Å²) >= 11 is 0.756. The van der Waals surface area contributed by atoms with Gasteiger partial charge in [-0.2, -0.15) is 4.37 Å². The lowest BCUT2D eigenvalue weighted by Gasteiger charge is -2.38. The van der Waals surface area contributed by atoms with Crippen LogP contribution in [0.25, 0.3) is 0 Å². The summed E-state index contributed by atoms with van der Waals surface area (Å²) in [5.74, 6) is -2.87. The predicted molar refractivity (Wildman–Crippen MR) is 190 cm³/mol. The molecule has 1 aliphatic heterocycles. The van der Waals surface area contributed by atoms with Gasteiger partial charge in [-0.15, -0.1) is 0 Å². The highest BCUT2D eigenvalue weighted by Crippen LogP contribution is 2.37. The summed E-state index contributed by atoms with van der Waals surface area (Å²) in [6.45, 7) is -0.0130. The van der Waals surface area contributed by atoms with E-state index in [4.69, 9.17) is 18.9 Å². The zero-order valence-corrected chi connectivity index (χ0v) is 30.5. The number of amides is 1. The first-order valence-corrected chi connectivity index (χ1v) is 18.5. The van der Waals surface area contributed by atoms with Crippen LogP contribution in [0.1, 0.15) is 29.0 Å². The third-order valence-electron chi connectivity index (χ3n) is 8.98. The molecule has 11 nitrogen and oxygen atoms in total. The third-order valence-corrected chi connectivity index (χ3v) is 11.5. The zero-order valence-electron chi connectivity index (χ0n) is 28.9. The van der Waals surface area contributed by atoms with Gasteiger partial charge in [-0.25, -0.2) is 30.9 Å². The van der Waals surface area contributed by atoms with Crippen LogP contribution in [-0.2, 0) is 27.9 Å². The Balaban J connectivity index is 1.26. The smallest absolute Gasteiger partial charge is 0.269 e. The Morgan fingerprint density at radius 1 is 0.868 bits per heavy atom. The van der Waals surface area contributed by atoms with Crippen molar-refractivity contribution in [3.63, 3.8) is 0 Å². The van der Waals surface area contributed by atoms with E-state index in [-0.39, 0.29) is 37.2 Å². The average Bonchev–Trinajstić information content (AvgIpc) is 3.70. The Hall–Kier alpha value is -5.35. The number of ether oxygens (including phenoxy) is 4. The minimum atomic E-state index is -4.76. The Bertz CT molecular complexity index is 2160. The molecule has 5 aromatic rings. The van der Waals surface area contributed by atoms with Gasteiger partial charge in [0.15, 0.2) is 11.6 Å². The summed E-state index contributed by atoms with van der Waals surface area (Å²) in [5, 5.41) is -0.0825. The maximum Gasteiger partial charge on any atom is 0.269 e. The molecule has 0 saturated carbocycles. The molecule has 53 heavy (non-hydrogen) atoms. The minimum absolute atomic E-state index is 0.0737. The molecule has 0 N–H and O–H groups in total. The molecule has 2 heterocycles. The van der Waals surface area contributed by atoms with Crippen molar-refractivity contribution in [2.75, 3.05) is 38.8 Å². The van der Waals surface area contributed by atoms with Crippen molar-refractivity contribution in [1.29, 1.82) is 0 Å². The highest BCUT2D eigenvalue weighted by molar-refractivity contribution is 7.93. The molecule has 1 aromatic heterocycles. The lowest BCUT2D eigenvalue weighted by molar-refractivity contribution is -0.136. The largest absolute Gasteiger partial charge is 0.497 e. The van der Waals surface area contributed by atoms with E-state index in [0.29, 0.717) is 47.1 Å². The lowest BCUT2D eigenvalue weighted by atomic mass is 9.80. The number of carbonyl (C=O) groups excluding carboxylic acids is 1. The summed E-state index contributed by atoms with van der Waals surface area (Å²) in [5.41, 5.74) is 1.95. The van der Waals surface area contributed by atoms with Crippen LogP contribution >= 0.6 is 11.5 Å². The molecular formula is C37H35F3N4O7S2. The molecule has 1 saturated heterocycles. The van der Waals surface area contributed by atoms with Crippen molar-refractivity contribution < 1.29 is 45.3 Å². The molecule has 0 spiro atoms. The van der Waals surface area contributed by atoms with Gasteiger partial charge in [0.25, 0.3) is 10.0 Å². The van der Waals surface area contributed by atoms with Gasteiger partial charge in [-0.05, 0) is 47.5 Å². The van der Waals surface area contributed by atoms with Gasteiger partial charge in [-0.1, -0.05) is 24.3 Å². The van der Waals surface area contributed by atoms with Crippen LogP contribution in [-0.4, -0.2) is 63.1 Å². The molecule has 16 heteroatoms. The second-order valence-electron chi connectivity index (χ2n) is 12.2. The standard InChI is InChI=1S/C37H35F3N4O7S2/c1-48-28-11-4-23(5-12-28)18-43-19-26(30(15-36(43)45)24-6-9-27(38)10-7-24)21-51-34-16-32(40)35(17-31(34)39)53(46,47)44(37-41-22-42-52-37)20-25-8-13-29(49-2)14-33(25)50-3/h4-14,16-17,22,26,30H,15,18-21H2,1-3H3. The second kappa shape index (κ2) is 16.1. The van der Waals surface area contributed by atoms with Crippen LogP contribution in [0, 0.1) is 23.4 Å². The van der Waals surface area contributed by atoms with Gasteiger partial charge in [0.2, 0.25) is 11.0 Å². The number of hydrogen-bond acceptors (Lipinski definition) is 10. The van der Waals surface area contributed by atoms with Crippen molar-refractivity contribution in [2.24, 2.45) is 5.92 Å². The number of methoxy groups -OCH3 is 3. The van der Waals surface area contributed by atoms with Crippen LogP contribution in [0.3, 0.4) is 0 Å². The fourth-order valence-electron chi connectivity index (χ4n) is 6.17. The second-order valence-corrected chi connectivity index (χ2v) is 14.8. The van der Waals surface area contributed by atoms with Crippen LogP contribution in [0.5, 0.6) is 23.0 Å². The number of rotatable bonds is 14. The highest BCUT2D eigenvalue weighted by Gasteiger charge is 2.37. The van der Waals surface area contributed by atoms with Gasteiger partial charge in [0, 0.05) is 66.6 Å². The zero-order chi connectivity index (χ0) is 37.7. The van der Waals surface area contributed by atoms with Crippen molar-refractivity contribution >= 4 is 32.6 Å². The van der Waals surface area contributed by atoms with Crippen LogP contribution in [0.15, 0.2) is 90.1 Å². The molecule has 278 valence electrons. The van der Waals surface area contributed by atoms with E-state index in [1.807, 2.05) is 12.1 Å². The van der Waals surface area contributed by atoms with Crippen molar-refractivity contribution in [3.05, 3.63) is 119 Å². The normalized spacial score (nSPS) is 16.0. The quantitative estimate of drug-likeness (QED) is 0.123. The topological polar surface area (TPSA) is 120 Å². The van der Waals surface area contributed by atoms with Gasteiger partial charge in [-0.3, -0.25) is 4.79 Å². The first-order chi connectivity index (χ1) is 25.5. The van der Waals surface area contributed by atoms with Crippen LogP contribution < -0.4 is 23.3 Å². The summed E-state index contributed by atoms with van der Waals surface area (Å²) < 4.78 is 99.8. The Morgan fingerprint density at radius 3 is 2.25 bits per heavy atom. The molecule has 1 amide bonds. The molecule has 2 atom stereocenters. The molecule has 2 unspecified atom stereocenters. The molecular weight excluding hydrogens is 734 g/mol. The van der Waals surface area contributed by atoms with Gasteiger partial charge >= 0.3 is 0 Å². The summed E-state index contributed by atoms with van der Waals surface area (Å²) in [6.07, 6.45) is 1.22. The third kappa shape index (κ3) is 8.33. The van der Waals surface area contributed by atoms with E-state index in [9.17, 15) is 17.6 Å². The van der Waals surface area contributed by atoms with E-state index in [0.717, 1.165) is 27.7 Å². The maximum absolute atomic E-state index is 15.8. The number of hydrogen-bond donors (Lipinski definition) is 0. The summed E-state index contributed by atoms with van der Waals surface area (Å²) in [4.78, 5) is 18.1. The van der Waals surface area contributed by atoms with E-state index >= 15 is 8.78 Å². The van der Waals surface area contributed by atoms with Crippen LogP contribution in [0.2, 0.25) is 0 Å². The number of likely N-dealkylation sites (tertiary alicyclic amines) is 1. The van der Waals surface area contributed by atoms with Crippen molar-refractivity contribution in [1.82, 2.24) is 14.3 Å². The molecule has 0 bridgehead atoms.